The van der Waals surface area contributed by atoms with Crippen LogP contribution in [0.4, 0.5) is 0 Å². The van der Waals surface area contributed by atoms with Crippen LogP contribution >= 0.6 is 27.5 Å². The second-order valence-corrected chi connectivity index (χ2v) is 8.93. The third-order valence-electron chi connectivity index (χ3n) is 5.70. The monoisotopic (exact) mass is 504 g/mol. The number of carbonyl (C=O) groups excluding carboxylic acids is 1. The zero-order valence-corrected chi connectivity index (χ0v) is 19.2. The van der Waals surface area contributed by atoms with Crippen LogP contribution in [0.3, 0.4) is 0 Å². The van der Waals surface area contributed by atoms with Gasteiger partial charge in [-0.05, 0) is 59.2 Å². The van der Waals surface area contributed by atoms with Gasteiger partial charge in [-0.25, -0.2) is 0 Å². The van der Waals surface area contributed by atoms with Crippen molar-refractivity contribution in [2.75, 3.05) is 0 Å². The van der Waals surface area contributed by atoms with Gasteiger partial charge >= 0.3 is 0 Å². The molecule has 5 aromatic rings. The van der Waals surface area contributed by atoms with E-state index in [0.29, 0.717) is 27.9 Å². The fraction of sp³-hybridized carbons (Fsp3) is 0.0385. The van der Waals surface area contributed by atoms with E-state index in [0.717, 1.165) is 32.2 Å². The first-order valence-electron chi connectivity index (χ1n) is 10.0. The summed E-state index contributed by atoms with van der Waals surface area (Å²) in [6.07, 6.45) is 0. The molecule has 6 heteroatoms. The molecule has 0 fully saturated rings. The first kappa shape index (κ1) is 20.6. The highest BCUT2D eigenvalue weighted by atomic mass is 79.9. The molecule has 0 aliphatic carbocycles. The Balaban J connectivity index is 1.86. The summed E-state index contributed by atoms with van der Waals surface area (Å²) in [6.45, 7) is 0.549. The Morgan fingerprint density at radius 3 is 2.38 bits per heavy atom. The molecule has 1 amide bonds. The number of hydrogen-bond acceptors (Lipinski definition) is 2. The summed E-state index contributed by atoms with van der Waals surface area (Å²) in [5.41, 5.74) is 10.6. The highest BCUT2D eigenvalue weighted by Crippen LogP contribution is 2.41. The summed E-state index contributed by atoms with van der Waals surface area (Å²) < 4.78 is 3.09. The maximum atomic E-state index is 12.2. The van der Waals surface area contributed by atoms with Crippen LogP contribution in [-0.2, 0) is 6.54 Å². The van der Waals surface area contributed by atoms with Crippen LogP contribution in [0.2, 0.25) is 5.02 Å². The van der Waals surface area contributed by atoms with Gasteiger partial charge in [-0.2, -0.15) is 0 Å². The quantitative estimate of drug-likeness (QED) is 0.284. The first-order chi connectivity index (χ1) is 15.4. The van der Waals surface area contributed by atoms with Crippen molar-refractivity contribution < 1.29 is 9.90 Å². The second kappa shape index (κ2) is 8.01. The van der Waals surface area contributed by atoms with Crippen LogP contribution in [0.25, 0.3) is 32.9 Å². The van der Waals surface area contributed by atoms with Crippen LogP contribution < -0.4 is 5.73 Å². The van der Waals surface area contributed by atoms with Gasteiger partial charge in [0.05, 0.1) is 16.4 Å². The molecule has 32 heavy (non-hydrogen) atoms. The minimum absolute atomic E-state index is 0.0945. The lowest BCUT2D eigenvalue weighted by atomic mass is 10.0. The van der Waals surface area contributed by atoms with E-state index in [4.69, 9.17) is 17.3 Å². The minimum atomic E-state index is -0.531. The summed E-state index contributed by atoms with van der Waals surface area (Å²) in [5.74, 6) is -0.436. The van der Waals surface area contributed by atoms with Crippen LogP contribution in [0.5, 0.6) is 5.75 Å². The van der Waals surface area contributed by atoms with Gasteiger partial charge < -0.3 is 15.4 Å². The normalized spacial score (nSPS) is 11.3. The Morgan fingerprint density at radius 2 is 1.66 bits per heavy atom. The largest absolute Gasteiger partial charge is 0.507 e. The van der Waals surface area contributed by atoms with Crippen LogP contribution in [-0.4, -0.2) is 15.6 Å². The Labute approximate surface area is 198 Å². The van der Waals surface area contributed by atoms with Crippen molar-refractivity contribution in [3.05, 3.63) is 99.5 Å². The molecule has 0 spiro atoms. The van der Waals surface area contributed by atoms with Gasteiger partial charge in [-0.3, -0.25) is 4.79 Å². The number of aromatic hydroxyl groups is 1. The van der Waals surface area contributed by atoms with E-state index in [-0.39, 0.29) is 5.75 Å². The van der Waals surface area contributed by atoms with E-state index in [1.165, 1.54) is 0 Å². The highest BCUT2D eigenvalue weighted by molar-refractivity contribution is 9.10. The fourth-order valence-corrected chi connectivity index (χ4v) is 4.76. The number of amides is 1. The van der Waals surface area contributed by atoms with Gasteiger partial charge in [0.2, 0.25) is 5.91 Å². The second-order valence-electron chi connectivity index (χ2n) is 7.64. The number of halogens is 2. The molecule has 0 unspecified atom stereocenters. The third kappa shape index (κ3) is 3.44. The molecule has 158 valence electrons. The SMILES string of the molecule is NC(=O)c1cccc2c1c1c(O)cc(-c3ccc(Cl)cc3)cc1n2Cc1ccccc1Br. The van der Waals surface area contributed by atoms with Gasteiger partial charge in [0, 0.05) is 27.0 Å². The molecule has 0 aliphatic rings. The molecule has 1 heterocycles. The molecular formula is C26H18BrClN2O2. The van der Waals surface area contributed by atoms with E-state index < -0.39 is 5.91 Å². The molecule has 4 nitrogen and oxygen atoms in total. The van der Waals surface area contributed by atoms with Gasteiger partial charge in [-0.1, -0.05) is 63.9 Å². The van der Waals surface area contributed by atoms with E-state index in [1.807, 2.05) is 66.7 Å². The molecule has 0 saturated carbocycles. The maximum Gasteiger partial charge on any atom is 0.249 e. The van der Waals surface area contributed by atoms with E-state index in [2.05, 4.69) is 20.5 Å². The summed E-state index contributed by atoms with van der Waals surface area (Å²) in [4.78, 5) is 12.2. The summed E-state index contributed by atoms with van der Waals surface area (Å²) >= 11 is 9.69. The molecular weight excluding hydrogens is 488 g/mol. The topological polar surface area (TPSA) is 68.2 Å². The van der Waals surface area contributed by atoms with Crippen molar-refractivity contribution in [2.45, 2.75) is 6.54 Å². The lowest BCUT2D eigenvalue weighted by molar-refractivity contribution is 0.100. The van der Waals surface area contributed by atoms with Crippen molar-refractivity contribution in [3.63, 3.8) is 0 Å². The predicted molar refractivity (Wildman–Crippen MR) is 133 cm³/mol. The molecule has 5 rings (SSSR count). The van der Waals surface area contributed by atoms with Crippen molar-refractivity contribution in [1.82, 2.24) is 4.57 Å². The molecule has 3 N–H and O–H groups in total. The average Bonchev–Trinajstić information content (AvgIpc) is 3.09. The number of phenols is 1. The van der Waals surface area contributed by atoms with Crippen LogP contribution in [0.1, 0.15) is 15.9 Å². The Kier molecular flexibility index (Phi) is 5.16. The smallest absolute Gasteiger partial charge is 0.249 e. The number of primary amides is 1. The fourth-order valence-electron chi connectivity index (χ4n) is 4.22. The summed E-state index contributed by atoms with van der Waals surface area (Å²) in [7, 11) is 0. The molecule has 0 bridgehead atoms. The molecule has 0 saturated heterocycles. The van der Waals surface area contributed by atoms with Crippen molar-refractivity contribution >= 4 is 55.2 Å². The first-order valence-corrected chi connectivity index (χ1v) is 11.2. The zero-order chi connectivity index (χ0) is 22.4. The number of benzene rings is 4. The van der Waals surface area contributed by atoms with Crippen molar-refractivity contribution in [2.24, 2.45) is 5.73 Å². The van der Waals surface area contributed by atoms with Gasteiger partial charge in [0.15, 0.2) is 0 Å². The Bertz CT molecular complexity index is 1510. The van der Waals surface area contributed by atoms with Crippen LogP contribution in [0.15, 0.2) is 83.3 Å². The lowest BCUT2D eigenvalue weighted by Crippen LogP contribution is -2.11. The molecule has 0 radical (unpaired) electrons. The lowest BCUT2D eigenvalue weighted by Gasteiger charge is -2.11. The number of rotatable bonds is 4. The summed E-state index contributed by atoms with van der Waals surface area (Å²) in [6, 6.07) is 24.7. The standard InChI is InChI=1S/C26H18BrClN2O2/c27-20-6-2-1-4-16(20)14-30-21-7-3-5-19(26(29)32)24(21)25-22(30)12-17(13-23(25)31)15-8-10-18(28)11-9-15/h1-13,31H,14H2,(H2,29,32). The average molecular weight is 506 g/mol. The van der Waals surface area contributed by atoms with E-state index in [9.17, 15) is 9.90 Å². The molecule has 0 aliphatic heterocycles. The van der Waals surface area contributed by atoms with Gasteiger partial charge in [0.25, 0.3) is 0 Å². The van der Waals surface area contributed by atoms with Gasteiger partial charge in [-0.15, -0.1) is 0 Å². The highest BCUT2D eigenvalue weighted by Gasteiger charge is 2.20. The molecule has 1 aromatic heterocycles. The molecule has 4 aromatic carbocycles. The van der Waals surface area contributed by atoms with E-state index in [1.54, 1.807) is 12.1 Å². The van der Waals surface area contributed by atoms with Crippen molar-refractivity contribution in [3.8, 4) is 16.9 Å². The number of hydrogen-bond donors (Lipinski definition) is 2. The molecule has 0 atom stereocenters. The number of phenolic OH excluding ortho intramolecular Hbond substituents is 1. The minimum Gasteiger partial charge on any atom is -0.507 e. The maximum absolute atomic E-state index is 12.2. The van der Waals surface area contributed by atoms with Crippen LogP contribution in [0, 0.1) is 0 Å². The number of aromatic nitrogens is 1. The summed E-state index contributed by atoms with van der Waals surface area (Å²) in [5, 5.41) is 13.0. The third-order valence-corrected chi connectivity index (χ3v) is 6.73. The van der Waals surface area contributed by atoms with Gasteiger partial charge in [0.1, 0.15) is 5.75 Å². The zero-order valence-electron chi connectivity index (χ0n) is 16.8. The predicted octanol–water partition coefficient (Wildman–Crippen LogP) is 6.73. The number of nitrogens with zero attached hydrogens (tertiary/aromatic N) is 1. The van der Waals surface area contributed by atoms with Crippen molar-refractivity contribution in [1.29, 1.82) is 0 Å². The number of fused-ring (bicyclic) bond motifs is 3. The number of nitrogens with two attached hydrogens (primary N) is 1. The Morgan fingerprint density at radius 1 is 0.906 bits per heavy atom. The Hall–Kier alpha value is -3.28. The number of carbonyl (C=O) groups is 1. The van der Waals surface area contributed by atoms with E-state index >= 15 is 0 Å².